The summed E-state index contributed by atoms with van der Waals surface area (Å²) in [7, 11) is 3.86. The highest BCUT2D eigenvalue weighted by Gasteiger charge is 2.14. The number of benzene rings is 2. The second-order valence-electron chi connectivity index (χ2n) is 5.09. The number of rotatable bonds is 4. The van der Waals surface area contributed by atoms with E-state index in [1.807, 2.05) is 37.2 Å². The molecule has 22 heavy (non-hydrogen) atoms. The summed E-state index contributed by atoms with van der Waals surface area (Å²) in [4.78, 5) is 25.2. The summed E-state index contributed by atoms with van der Waals surface area (Å²) in [6, 6.07) is 9.03. The number of hydrogen-bond acceptors (Lipinski definition) is 5. The molecule has 0 aromatic heterocycles. The molecule has 0 saturated heterocycles. The molecular weight excluding hydrogens is 282 g/mol. The number of fused-ring (bicyclic) bond motifs is 1. The Balaban J connectivity index is 2.62. The smallest absolute Gasteiger partial charge is 0.338 e. The molecule has 2 aromatic rings. The lowest BCUT2D eigenvalue weighted by atomic mass is 10.0. The van der Waals surface area contributed by atoms with Crippen LogP contribution >= 0.6 is 0 Å². The minimum Gasteiger partial charge on any atom is -0.462 e. The van der Waals surface area contributed by atoms with E-state index in [1.54, 1.807) is 19.1 Å². The largest absolute Gasteiger partial charge is 0.462 e. The van der Waals surface area contributed by atoms with Crippen molar-refractivity contribution >= 4 is 28.4 Å². The number of anilines is 1. The van der Waals surface area contributed by atoms with Gasteiger partial charge in [-0.05, 0) is 36.6 Å². The molecule has 0 bridgehead atoms. The molecule has 0 amide bonds. The maximum absolute atomic E-state index is 11.9. The standard InChI is InChI=1S/C17H19NO4/c1-5-21-17(20)13-8-12-6-7-14(18(3)4)10-15(12)16(9-13)22-11(2)19/h6-10H,5H2,1-4H3. The van der Waals surface area contributed by atoms with Crippen LogP contribution in [0.5, 0.6) is 5.75 Å². The van der Waals surface area contributed by atoms with Crippen LogP contribution in [0.25, 0.3) is 10.8 Å². The van der Waals surface area contributed by atoms with Crippen molar-refractivity contribution in [2.45, 2.75) is 13.8 Å². The van der Waals surface area contributed by atoms with Gasteiger partial charge in [0.05, 0.1) is 12.2 Å². The van der Waals surface area contributed by atoms with Gasteiger partial charge >= 0.3 is 11.9 Å². The van der Waals surface area contributed by atoms with Crippen molar-refractivity contribution < 1.29 is 19.1 Å². The van der Waals surface area contributed by atoms with Crippen LogP contribution in [0.15, 0.2) is 30.3 Å². The Labute approximate surface area is 129 Å². The van der Waals surface area contributed by atoms with Gasteiger partial charge in [-0.1, -0.05) is 6.07 Å². The van der Waals surface area contributed by atoms with Crippen molar-refractivity contribution in [1.82, 2.24) is 0 Å². The zero-order chi connectivity index (χ0) is 16.3. The van der Waals surface area contributed by atoms with Crippen molar-refractivity contribution in [3.8, 4) is 5.75 Å². The van der Waals surface area contributed by atoms with E-state index in [1.165, 1.54) is 6.92 Å². The van der Waals surface area contributed by atoms with Gasteiger partial charge in [0, 0.05) is 32.1 Å². The van der Waals surface area contributed by atoms with Crippen molar-refractivity contribution in [3.05, 3.63) is 35.9 Å². The number of hydrogen-bond donors (Lipinski definition) is 0. The Kier molecular flexibility index (Phi) is 4.65. The van der Waals surface area contributed by atoms with Crippen molar-refractivity contribution in [2.75, 3.05) is 25.6 Å². The Morgan fingerprint density at radius 2 is 1.86 bits per heavy atom. The number of esters is 2. The molecule has 0 atom stereocenters. The van der Waals surface area contributed by atoms with Crippen LogP contribution in [0, 0.1) is 0 Å². The molecule has 116 valence electrons. The molecule has 0 N–H and O–H groups in total. The lowest BCUT2D eigenvalue weighted by Gasteiger charge is -2.15. The quantitative estimate of drug-likeness (QED) is 0.642. The Morgan fingerprint density at radius 1 is 1.14 bits per heavy atom. The van der Waals surface area contributed by atoms with Gasteiger partial charge in [-0.3, -0.25) is 4.79 Å². The fourth-order valence-corrected chi connectivity index (χ4v) is 2.16. The minimum absolute atomic E-state index is 0.291. The maximum atomic E-state index is 11.9. The lowest BCUT2D eigenvalue weighted by Crippen LogP contribution is -2.09. The van der Waals surface area contributed by atoms with E-state index in [4.69, 9.17) is 9.47 Å². The fraction of sp³-hybridized carbons (Fsp3) is 0.294. The van der Waals surface area contributed by atoms with E-state index in [0.717, 1.165) is 16.5 Å². The second kappa shape index (κ2) is 6.47. The van der Waals surface area contributed by atoms with E-state index in [-0.39, 0.29) is 0 Å². The van der Waals surface area contributed by atoms with Crippen LogP contribution in [0.4, 0.5) is 5.69 Å². The lowest BCUT2D eigenvalue weighted by molar-refractivity contribution is -0.131. The Hall–Kier alpha value is -2.56. The minimum atomic E-state index is -0.436. The summed E-state index contributed by atoms with van der Waals surface area (Å²) in [6.07, 6.45) is 0. The monoisotopic (exact) mass is 301 g/mol. The number of nitrogens with zero attached hydrogens (tertiary/aromatic N) is 1. The van der Waals surface area contributed by atoms with Gasteiger partial charge in [0.25, 0.3) is 0 Å². The number of ether oxygens (including phenoxy) is 2. The highest BCUT2D eigenvalue weighted by molar-refractivity contribution is 6.00. The van der Waals surface area contributed by atoms with Crippen molar-refractivity contribution in [2.24, 2.45) is 0 Å². The molecule has 2 rings (SSSR count). The molecule has 0 radical (unpaired) electrons. The molecule has 0 saturated carbocycles. The molecule has 0 aliphatic heterocycles. The molecule has 5 nitrogen and oxygen atoms in total. The summed E-state index contributed by atoms with van der Waals surface area (Å²) in [5.41, 5.74) is 1.34. The van der Waals surface area contributed by atoms with Gasteiger partial charge in [0.2, 0.25) is 0 Å². The highest BCUT2D eigenvalue weighted by atomic mass is 16.5. The van der Waals surface area contributed by atoms with E-state index in [9.17, 15) is 9.59 Å². The third-order valence-corrected chi connectivity index (χ3v) is 3.18. The molecule has 0 aliphatic carbocycles. The summed E-state index contributed by atoms with van der Waals surface area (Å²) in [5.74, 6) is -0.510. The SMILES string of the molecule is CCOC(=O)c1cc(OC(C)=O)c2cc(N(C)C)ccc2c1. The number of carbonyl (C=O) groups is 2. The van der Waals surface area contributed by atoms with Crippen LogP contribution in [0.2, 0.25) is 0 Å². The molecule has 0 spiro atoms. The van der Waals surface area contributed by atoms with Gasteiger partial charge in [-0.25, -0.2) is 4.79 Å². The molecule has 0 unspecified atom stereocenters. The van der Waals surface area contributed by atoms with Gasteiger partial charge in [-0.15, -0.1) is 0 Å². The molecule has 0 aliphatic rings. The van der Waals surface area contributed by atoms with E-state index in [2.05, 4.69) is 0 Å². The van der Waals surface area contributed by atoms with Gasteiger partial charge in [-0.2, -0.15) is 0 Å². The highest BCUT2D eigenvalue weighted by Crippen LogP contribution is 2.31. The molecule has 5 heteroatoms. The van der Waals surface area contributed by atoms with E-state index < -0.39 is 11.9 Å². The topological polar surface area (TPSA) is 55.8 Å². The number of carbonyl (C=O) groups excluding carboxylic acids is 2. The third kappa shape index (κ3) is 3.36. The van der Waals surface area contributed by atoms with E-state index >= 15 is 0 Å². The van der Waals surface area contributed by atoms with Crippen LogP contribution in [-0.4, -0.2) is 32.6 Å². The first-order chi connectivity index (χ1) is 10.4. The van der Waals surface area contributed by atoms with Gasteiger partial charge in [0.15, 0.2) is 0 Å². The normalized spacial score (nSPS) is 10.4. The van der Waals surface area contributed by atoms with Crippen molar-refractivity contribution in [3.63, 3.8) is 0 Å². The molecule has 0 heterocycles. The predicted octanol–water partition coefficient (Wildman–Crippen LogP) is 3.01. The zero-order valence-electron chi connectivity index (χ0n) is 13.2. The first-order valence-corrected chi connectivity index (χ1v) is 7.03. The van der Waals surface area contributed by atoms with Gasteiger partial charge in [0.1, 0.15) is 5.75 Å². The third-order valence-electron chi connectivity index (χ3n) is 3.18. The van der Waals surface area contributed by atoms with Crippen LogP contribution in [-0.2, 0) is 9.53 Å². The first-order valence-electron chi connectivity index (χ1n) is 7.03. The maximum Gasteiger partial charge on any atom is 0.338 e. The summed E-state index contributed by atoms with van der Waals surface area (Å²) >= 11 is 0. The summed E-state index contributed by atoms with van der Waals surface area (Å²) in [6.45, 7) is 3.37. The van der Waals surface area contributed by atoms with Crippen LogP contribution in [0.3, 0.4) is 0 Å². The molecule has 0 fully saturated rings. The Morgan fingerprint density at radius 3 is 2.45 bits per heavy atom. The van der Waals surface area contributed by atoms with Crippen molar-refractivity contribution in [1.29, 1.82) is 0 Å². The molecule has 2 aromatic carbocycles. The first kappa shape index (κ1) is 15.8. The Bertz CT molecular complexity index is 722. The fourth-order valence-electron chi connectivity index (χ4n) is 2.16. The summed E-state index contributed by atoms with van der Waals surface area (Å²) in [5, 5.41) is 1.59. The average molecular weight is 301 g/mol. The second-order valence-corrected chi connectivity index (χ2v) is 5.09. The van der Waals surface area contributed by atoms with E-state index in [0.29, 0.717) is 17.9 Å². The predicted molar refractivity (Wildman–Crippen MR) is 85.5 cm³/mol. The summed E-state index contributed by atoms with van der Waals surface area (Å²) < 4.78 is 10.3. The molecular formula is C17H19NO4. The van der Waals surface area contributed by atoms with Crippen LogP contribution in [0.1, 0.15) is 24.2 Å². The van der Waals surface area contributed by atoms with Gasteiger partial charge < -0.3 is 14.4 Å². The average Bonchev–Trinajstić information content (AvgIpc) is 2.46. The van der Waals surface area contributed by atoms with Crippen LogP contribution < -0.4 is 9.64 Å². The zero-order valence-corrected chi connectivity index (χ0v) is 13.2.